The lowest BCUT2D eigenvalue weighted by molar-refractivity contribution is -0.129. The van der Waals surface area contributed by atoms with Crippen molar-refractivity contribution in [1.82, 2.24) is 0 Å². The lowest BCUT2D eigenvalue weighted by Crippen LogP contribution is -2.06. The average molecular weight is 452 g/mol. The fourth-order valence-electron chi connectivity index (χ4n) is 3.22. The monoisotopic (exact) mass is 451 g/mol. The normalized spacial score (nSPS) is 14.3. The number of rotatable bonds is 6. The van der Waals surface area contributed by atoms with Crippen molar-refractivity contribution in [3.8, 4) is 11.5 Å². The van der Waals surface area contributed by atoms with E-state index in [0.29, 0.717) is 16.9 Å². The highest BCUT2D eigenvalue weighted by Crippen LogP contribution is 2.38. The van der Waals surface area contributed by atoms with Crippen LogP contribution in [-0.2, 0) is 16.1 Å². The first-order valence-corrected chi connectivity index (χ1v) is 10.2. The molecule has 0 amide bonds. The van der Waals surface area contributed by atoms with Gasteiger partial charge in [-0.25, -0.2) is 14.2 Å². The maximum Gasteiger partial charge on any atom is 0.363 e. The molecule has 0 radical (unpaired) electrons. The second kappa shape index (κ2) is 9.24. The SMILES string of the molecule is COc1cc(C=C2N=C(c3ccccc3C)OC2=O)cc(Cl)c1OCc1ccccc1F. The highest BCUT2D eigenvalue weighted by molar-refractivity contribution is 6.32. The molecule has 0 spiro atoms. The van der Waals surface area contributed by atoms with Crippen molar-refractivity contribution in [2.75, 3.05) is 7.11 Å². The third-order valence-electron chi connectivity index (χ3n) is 4.88. The number of esters is 1. The van der Waals surface area contributed by atoms with Crippen LogP contribution in [0.5, 0.6) is 11.5 Å². The summed E-state index contributed by atoms with van der Waals surface area (Å²) in [4.78, 5) is 16.7. The van der Waals surface area contributed by atoms with Crippen molar-refractivity contribution < 1.29 is 23.4 Å². The number of hydrogen-bond acceptors (Lipinski definition) is 5. The van der Waals surface area contributed by atoms with Gasteiger partial charge in [-0.15, -0.1) is 0 Å². The van der Waals surface area contributed by atoms with Crippen LogP contribution in [0.2, 0.25) is 5.02 Å². The summed E-state index contributed by atoms with van der Waals surface area (Å²) in [5.41, 5.74) is 2.80. The van der Waals surface area contributed by atoms with Gasteiger partial charge in [0.2, 0.25) is 5.90 Å². The van der Waals surface area contributed by atoms with Crippen molar-refractivity contribution in [1.29, 1.82) is 0 Å². The quantitative estimate of drug-likeness (QED) is 0.355. The molecule has 0 aromatic heterocycles. The highest BCUT2D eigenvalue weighted by Gasteiger charge is 2.25. The summed E-state index contributed by atoms with van der Waals surface area (Å²) in [5.74, 6) is -0.0562. The van der Waals surface area contributed by atoms with Gasteiger partial charge in [0.05, 0.1) is 12.1 Å². The van der Waals surface area contributed by atoms with Gasteiger partial charge in [0.1, 0.15) is 12.4 Å². The van der Waals surface area contributed by atoms with Gasteiger partial charge in [-0.05, 0) is 48.4 Å². The van der Waals surface area contributed by atoms with E-state index in [1.165, 1.54) is 13.2 Å². The Morgan fingerprint density at radius 3 is 2.62 bits per heavy atom. The summed E-state index contributed by atoms with van der Waals surface area (Å²) in [5, 5.41) is 0.252. The number of nitrogens with zero attached hydrogens (tertiary/aromatic N) is 1. The Morgan fingerprint density at radius 1 is 1.12 bits per heavy atom. The summed E-state index contributed by atoms with van der Waals surface area (Å²) in [6, 6.07) is 17.1. The number of ether oxygens (including phenoxy) is 3. The minimum absolute atomic E-state index is 0.0143. The van der Waals surface area contributed by atoms with Crippen molar-refractivity contribution in [2.24, 2.45) is 4.99 Å². The Labute approximate surface area is 189 Å². The van der Waals surface area contributed by atoms with Crippen LogP contribution in [0, 0.1) is 12.7 Å². The van der Waals surface area contributed by atoms with Gasteiger partial charge in [0.15, 0.2) is 17.2 Å². The first-order valence-electron chi connectivity index (χ1n) is 9.78. The maximum atomic E-state index is 13.9. The third-order valence-corrected chi connectivity index (χ3v) is 5.16. The van der Waals surface area contributed by atoms with Gasteiger partial charge in [0.25, 0.3) is 0 Å². The largest absolute Gasteiger partial charge is 0.493 e. The molecule has 162 valence electrons. The lowest BCUT2D eigenvalue weighted by Gasteiger charge is -2.13. The van der Waals surface area contributed by atoms with E-state index in [4.69, 9.17) is 25.8 Å². The van der Waals surface area contributed by atoms with E-state index in [0.717, 1.165) is 11.1 Å². The molecule has 32 heavy (non-hydrogen) atoms. The summed E-state index contributed by atoms with van der Waals surface area (Å²) in [6.45, 7) is 1.90. The van der Waals surface area contributed by atoms with Crippen LogP contribution >= 0.6 is 11.6 Å². The van der Waals surface area contributed by atoms with Crippen LogP contribution in [0.1, 0.15) is 22.3 Å². The van der Waals surface area contributed by atoms with Crippen LogP contribution in [-0.4, -0.2) is 19.0 Å². The van der Waals surface area contributed by atoms with Crippen LogP contribution in [0.25, 0.3) is 6.08 Å². The number of carbonyl (C=O) groups is 1. The van der Waals surface area contributed by atoms with Crippen LogP contribution < -0.4 is 9.47 Å². The number of cyclic esters (lactones) is 1. The minimum Gasteiger partial charge on any atom is -0.493 e. The standard InChI is InChI=1S/C25H19ClFNO4/c1-15-7-3-5-9-18(15)24-28-21(25(29)32-24)12-16-11-19(26)23(22(13-16)30-2)31-14-17-8-4-6-10-20(17)27/h3-13H,14H2,1-2H3. The molecule has 0 fully saturated rings. The number of methoxy groups -OCH3 is 1. The van der Waals surface area contributed by atoms with Gasteiger partial charge in [0, 0.05) is 11.1 Å². The predicted octanol–water partition coefficient (Wildman–Crippen LogP) is 5.72. The van der Waals surface area contributed by atoms with E-state index in [9.17, 15) is 9.18 Å². The molecule has 4 rings (SSSR count). The number of hydrogen-bond donors (Lipinski definition) is 0. The van der Waals surface area contributed by atoms with E-state index in [2.05, 4.69) is 4.99 Å². The zero-order valence-electron chi connectivity index (χ0n) is 17.4. The third kappa shape index (κ3) is 4.50. The summed E-state index contributed by atoms with van der Waals surface area (Å²) in [6.07, 6.45) is 1.56. The van der Waals surface area contributed by atoms with E-state index in [1.54, 1.807) is 36.4 Å². The van der Waals surface area contributed by atoms with E-state index in [-0.39, 0.29) is 34.8 Å². The smallest absolute Gasteiger partial charge is 0.363 e. The van der Waals surface area contributed by atoms with Gasteiger partial charge < -0.3 is 14.2 Å². The summed E-state index contributed by atoms with van der Waals surface area (Å²) in [7, 11) is 1.47. The first kappa shape index (κ1) is 21.6. The Hall–Kier alpha value is -3.64. The van der Waals surface area contributed by atoms with Crippen molar-refractivity contribution in [2.45, 2.75) is 13.5 Å². The molecule has 3 aromatic carbocycles. The Balaban J connectivity index is 1.61. The molecule has 0 aliphatic carbocycles. The molecule has 0 saturated carbocycles. The summed E-state index contributed by atoms with van der Waals surface area (Å²) < 4.78 is 30.3. The molecule has 0 saturated heterocycles. The number of halogens is 2. The van der Waals surface area contributed by atoms with Crippen molar-refractivity contribution >= 4 is 29.5 Å². The fourth-order valence-corrected chi connectivity index (χ4v) is 3.50. The molecule has 1 aliphatic rings. The van der Waals surface area contributed by atoms with Crippen molar-refractivity contribution in [3.05, 3.63) is 99.5 Å². The lowest BCUT2D eigenvalue weighted by atomic mass is 10.1. The van der Waals surface area contributed by atoms with Crippen LogP contribution in [0.3, 0.4) is 0 Å². The number of aryl methyl sites for hydroxylation is 1. The van der Waals surface area contributed by atoms with Gasteiger partial charge in [-0.2, -0.15) is 0 Å². The topological polar surface area (TPSA) is 57.1 Å². The second-order valence-corrected chi connectivity index (χ2v) is 7.47. The Morgan fingerprint density at radius 2 is 1.88 bits per heavy atom. The highest BCUT2D eigenvalue weighted by atomic mass is 35.5. The predicted molar refractivity (Wildman–Crippen MR) is 121 cm³/mol. The molecule has 0 N–H and O–H groups in total. The van der Waals surface area contributed by atoms with E-state index >= 15 is 0 Å². The molecule has 0 unspecified atom stereocenters. The number of carbonyl (C=O) groups excluding carboxylic acids is 1. The Kier molecular flexibility index (Phi) is 6.23. The van der Waals surface area contributed by atoms with Crippen LogP contribution in [0.4, 0.5) is 4.39 Å². The number of benzene rings is 3. The second-order valence-electron chi connectivity index (χ2n) is 7.07. The molecule has 1 heterocycles. The molecular weight excluding hydrogens is 433 g/mol. The summed E-state index contributed by atoms with van der Waals surface area (Å²) >= 11 is 6.41. The molecule has 0 atom stereocenters. The minimum atomic E-state index is -0.557. The van der Waals surface area contributed by atoms with Gasteiger partial charge >= 0.3 is 5.97 Å². The van der Waals surface area contributed by atoms with Gasteiger partial charge in [-0.3, -0.25) is 0 Å². The number of aliphatic imine (C=N–C) groups is 1. The van der Waals surface area contributed by atoms with E-state index < -0.39 is 5.97 Å². The molecular formula is C25H19ClFNO4. The Bertz CT molecular complexity index is 1250. The molecule has 3 aromatic rings. The molecule has 1 aliphatic heterocycles. The van der Waals surface area contributed by atoms with Gasteiger partial charge in [-0.1, -0.05) is 48.0 Å². The zero-order valence-corrected chi connectivity index (χ0v) is 18.2. The average Bonchev–Trinajstić information content (AvgIpc) is 3.14. The van der Waals surface area contributed by atoms with E-state index in [1.807, 2.05) is 31.2 Å². The maximum absolute atomic E-state index is 13.9. The molecule has 7 heteroatoms. The fraction of sp³-hybridized carbons (Fsp3) is 0.120. The molecule has 5 nitrogen and oxygen atoms in total. The molecule has 0 bridgehead atoms. The first-order chi connectivity index (χ1) is 15.5. The van der Waals surface area contributed by atoms with Crippen molar-refractivity contribution in [3.63, 3.8) is 0 Å². The van der Waals surface area contributed by atoms with Crippen LogP contribution in [0.15, 0.2) is 71.4 Å². The zero-order chi connectivity index (χ0) is 22.7.